The standard InChI is InChI=1S/C10H19N3OS/c1-10(2,3)7(4-5-14)13-9-12-6-8(11)15-9/h6-7,14H,4-5,11H2,1-3H3,(H,12,13). The Morgan fingerprint density at radius 3 is 2.67 bits per heavy atom. The van der Waals surface area contributed by atoms with Gasteiger partial charge in [0.2, 0.25) is 0 Å². The molecule has 4 nitrogen and oxygen atoms in total. The number of thiazole rings is 1. The van der Waals surface area contributed by atoms with E-state index < -0.39 is 0 Å². The van der Waals surface area contributed by atoms with Gasteiger partial charge >= 0.3 is 0 Å². The fraction of sp³-hybridized carbons (Fsp3) is 0.700. The summed E-state index contributed by atoms with van der Waals surface area (Å²) in [5.41, 5.74) is 5.69. The molecule has 0 bridgehead atoms. The molecule has 0 aliphatic carbocycles. The summed E-state index contributed by atoms with van der Waals surface area (Å²) in [6, 6.07) is 0.202. The minimum absolute atomic E-state index is 0.0865. The highest BCUT2D eigenvalue weighted by atomic mass is 32.1. The molecule has 0 saturated carbocycles. The molecule has 0 fully saturated rings. The quantitative estimate of drug-likeness (QED) is 0.738. The van der Waals surface area contributed by atoms with Gasteiger partial charge in [-0.15, -0.1) is 0 Å². The number of anilines is 2. The fourth-order valence-electron chi connectivity index (χ4n) is 1.35. The molecule has 1 aromatic heterocycles. The second kappa shape index (κ2) is 4.81. The Balaban J connectivity index is 2.66. The molecule has 0 aliphatic rings. The Labute approximate surface area is 94.5 Å². The maximum absolute atomic E-state index is 9.00. The van der Waals surface area contributed by atoms with Crippen LogP contribution in [0.4, 0.5) is 10.1 Å². The molecule has 86 valence electrons. The average Bonchev–Trinajstić information content (AvgIpc) is 2.49. The Morgan fingerprint density at radius 1 is 1.60 bits per heavy atom. The summed E-state index contributed by atoms with van der Waals surface area (Å²) >= 11 is 1.43. The van der Waals surface area contributed by atoms with Crippen LogP contribution in [0.1, 0.15) is 27.2 Å². The second-order valence-corrected chi connectivity index (χ2v) is 5.71. The molecule has 1 rings (SSSR count). The van der Waals surface area contributed by atoms with Crippen LogP contribution in [-0.4, -0.2) is 22.7 Å². The van der Waals surface area contributed by atoms with Crippen LogP contribution in [0.25, 0.3) is 0 Å². The lowest BCUT2D eigenvalue weighted by Gasteiger charge is -2.30. The molecule has 5 heteroatoms. The normalized spacial score (nSPS) is 13.9. The Bertz CT molecular complexity index is 306. The summed E-state index contributed by atoms with van der Waals surface area (Å²) in [5.74, 6) is 0. The lowest BCUT2D eigenvalue weighted by Crippen LogP contribution is -2.34. The van der Waals surface area contributed by atoms with Crippen LogP contribution in [0, 0.1) is 5.41 Å². The van der Waals surface area contributed by atoms with Crippen LogP contribution in [-0.2, 0) is 0 Å². The molecule has 0 amide bonds. The van der Waals surface area contributed by atoms with Crippen LogP contribution in [0.3, 0.4) is 0 Å². The van der Waals surface area contributed by atoms with Crippen molar-refractivity contribution in [3.05, 3.63) is 6.20 Å². The SMILES string of the molecule is CC(C)(C)C(CCO)Nc1ncc(N)s1. The molecule has 4 N–H and O–H groups in total. The van der Waals surface area contributed by atoms with Crippen molar-refractivity contribution in [2.75, 3.05) is 17.7 Å². The van der Waals surface area contributed by atoms with Crippen LogP contribution in [0.15, 0.2) is 6.20 Å². The first-order chi connectivity index (χ1) is 6.93. The first kappa shape index (κ1) is 12.3. The van der Waals surface area contributed by atoms with Gasteiger partial charge in [0.25, 0.3) is 0 Å². The first-order valence-electron chi connectivity index (χ1n) is 5.02. The van der Waals surface area contributed by atoms with Gasteiger partial charge in [-0.05, 0) is 11.8 Å². The Kier molecular flexibility index (Phi) is 3.93. The summed E-state index contributed by atoms with van der Waals surface area (Å²) in [5, 5.41) is 13.8. The van der Waals surface area contributed by atoms with E-state index in [4.69, 9.17) is 10.8 Å². The molecule has 1 unspecified atom stereocenters. The molecule has 0 aliphatic heterocycles. The zero-order valence-electron chi connectivity index (χ0n) is 9.45. The predicted octanol–water partition coefficient (Wildman–Crippen LogP) is 1.93. The van der Waals surface area contributed by atoms with Crippen molar-refractivity contribution in [2.45, 2.75) is 33.2 Å². The molecule has 1 aromatic rings. The van der Waals surface area contributed by atoms with Gasteiger partial charge in [0.05, 0.1) is 6.20 Å². The van der Waals surface area contributed by atoms with E-state index in [-0.39, 0.29) is 18.1 Å². The van der Waals surface area contributed by atoms with E-state index in [1.54, 1.807) is 6.20 Å². The number of hydrogen-bond acceptors (Lipinski definition) is 5. The van der Waals surface area contributed by atoms with E-state index in [9.17, 15) is 0 Å². The number of nitrogen functional groups attached to an aromatic ring is 1. The van der Waals surface area contributed by atoms with E-state index in [0.29, 0.717) is 11.4 Å². The molecule has 15 heavy (non-hydrogen) atoms. The number of aromatic nitrogens is 1. The molecule has 0 saturated heterocycles. The highest BCUT2D eigenvalue weighted by Crippen LogP contribution is 2.28. The lowest BCUT2D eigenvalue weighted by molar-refractivity contribution is 0.235. The summed E-state index contributed by atoms with van der Waals surface area (Å²) in [6.07, 6.45) is 2.36. The number of nitrogens with zero attached hydrogens (tertiary/aromatic N) is 1. The summed E-state index contributed by atoms with van der Waals surface area (Å²) in [4.78, 5) is 4.15. The van der Waals surface area contributed by atoms with Gasteiger partial charge in [0.1, 0.15) is 5.00 Å². The van der Waals surface area contributed by atoms with Gasteiger partial charge in [0.15, 0.2) is 5.13 Å². The first-order valence-corrected chi connectivity index (χ1v) is 5.84. The predicted molar refractivity (Wildman–Crippen MR) is 65.1 cm³/mol. The zero-order chi connectivity index (χ0) is 11.5. The molecular formula is C10H19N3OS. The number of aliphatic hydroxyl groups excluding tert-OH is 1. The van der Waals surface area contributed by atoms with Crippen molar-refractivity contribution in [1.82, 2.24) is 4.98 Å². The number of nitrogens with one attached hydrogen (secondary N) is 1. The molecular weight excluding hydrogens is 210 g/mol. The second-order valence-electron chi connectivity index (χ2n) is 4.64. The van der Waals surface area contributed by atoms with E-state index >= 15 is 0 Å². The zero-order valence-corrected chi connectivity index (χ0v) is 10.3. The van der Waals surface area contributed by atoms with Crippen LogP contribution in [0.2, 0.25) is 0 Å². The smallest absolute Gasteiger partial charge is 0.184 e. The summed E-state index contributed by atoms with van der Waals surface area (Å²) in [6.45, 7) is 6.58. The van der Waals surface area contributed by atoms with Crippen molar-refractivity contribution in [3.8, 4) is 0 Å². The van der Waals surface area contributed by atoms with Crippen molar-refractivity contribution in [3.63, 3.8) is 0 Å². The fourth-order valence-corrected chi connectivity index (χ4v) is 1.99. The van der Waals surface area contributed by atoms with Crippen LogP contribution < -0.4 is 11.1 Å². The Morgan fingerprint density at radius 2 is 2.27 bits per heavy atom. The lowest BCUT2D eigenvalue weighted by atomic mass is 9.85. The van der Waals surface area contributed by atoms with Crippen molar-refractivity contribution < 1.29 is 5.11 Å². The van der Waals surface area contributed by atoms with Crippen molar-refractivity contribution in [2.24, 2.45) is 5.41 Å². The largest absolute Gasteiger partial charge is 0.396 e. The number of nitrogens with two attached hydrogens (primary N) is 1. The van der Waals surface area contributed by atoms with Gasteiger partial charge in [-0.25, -0.2) is 4.98 Å². The highest BCUT2D eigenvalue weighted by Gasteiger charge is 2.24. The van der Waals surface area contributed by atoms with Crippen LogP contribution >= 0.6 is 11.3 Å². The molecule has 1 heterocycles. The van der Waals surface area contributed by atoms with Crippen molar-refractivity contribution in [1.29, 1.82) is 0 Å². The van der Waals surface area contributed by atoms with E-state index in [1.165, 1.54) is 11.3 Å². The third-order valence-corrected chi connectivity index (χ3v) is 3.04. The topological polar surface area (TPSA) is 71.2 Å². The van der Waals surface area contributed by atoms with Gasteiger partial charge < -0.3 is 16.2 Å². The monoisotopic (exact) mass is 229 g/mol. The van der Waals surface area contributed by atoms with Gasteiger partial charge in [0, 0.05) is 12.6 Å². The van der Waals surface area contributed by atoms with Crippen molar-refractivity contribution >= 4 is 21.5 Å². The number of hydrogen-bond donors (Lipinski definition) is 3. The Hall–Kier alpha value is -0.810. The third-order valence-electron chi connectivity index (χ3n) is 2.28. The van der Waals surface area contributed by atoms with E-state index in [1.807, 2.05) is 0 Å². The maximum Gasteiger partial charge on any atom is 0.184 e. The summed E-state index contributed by atoms with van der Waals surface area (Å²) < 4.78 is 0. The minimum atomic E-state index is 0.0865. The third kappa shape index (κ3) is 3.68. The van der Waals surface area contributed by atoms with Gasteiger partial charge in [-0.3, -0.25) is 0 Å². The molecule has 1 atom stereocenters. The average molecular weight is 229 g/mol. The van der Waals surface area contributed by atoms with E-state index in [0.717, 1.165) is 5.13 Å². The molecule has 0 aromatic carbocycles. The number of aliphatic hydroxyl groups is 1. The van der Waals surface area contributed by atoms with Gasteiger partial charge in [-0.1, -0.05) is 32.1 Å². The van der Waals surface area contributed by atoms with E-state index in [2.05, 4.69) is 31.1 Å². The minimum Gasteiger partial charge on any atom is -0.396 e. The maximum atomic E-state index is 9.00. The molecule has 0 spiro atoms. The molecule has 0 radical (unpaired) electrons. The van der Waals surface area contributed by atoms with Crippen LogP contribution in [0.5, 0.6) is 0 Å². The highest BCUT2D eigenvalue weighted by molar-refractivity contribution is 7.19. The van der Waals surface area contributed by atoms with Gasteiger partial charge in [-0.2, -0.15) is 0 Å². The number of rotatable bonds is 4. The summed E-state index contributed by atoms with van der Waals surface area (Å²) in [7, 11) is 0.